The Morgan fingerprint density at radius 2 is 2.35 bits per heavy atom. The molecule has 0 unspecified atom stereocenters. The van der Waals surface area contributed by atoms with E-state index < -0.39 is 6.04 Å². The molecule has 1 atom stereocenters. The lowest BCUT2D eigenvalue weighted by atomic mass is 10.3. The second kappa shape index (κ2) is 4.75. The van der Waals surface area contributed by atoms with Gasteiger partial charge in [0.25, 0.3) is 0 Å². The zero-order valence-corrected chi connectivity index (χ0v) is 9.37. The van der Waals surface area contributed by atoms with Gasteiger partial charge < -0.3 is 11.1 Å². The average molecular weight is 231 g/mol. The van der Waals surface area contributed by atoms with Gasteiger partial charge in [0.2, 0.25) is 5.91 Å². The first kappa shape index (κ1) is 11.3. The van der Waals surface area contributed by atoms with Crippen molar-refractivity contribution in [2.45, 2.75) is 13.0 Å². The number of aromatic nitrogens is 3. The maximum absolute atomic E-state index is 11.3. The minimum atomic E-state index is -0.541. The van der Waals surface area contributed by atoms with Crippen LogP contribution in [0.15, 0.2) is 36.8 Å². The summed E-state index contributed by atoms with van der Waals surface area (Å²) in [6.45, 7) is 1.63. The third-order valence-electron chi connectivity index (χ3n) is 2.17. The predicted molar refractivity (Wildman–Crippen MR) is 63.6 cm³/mol. The number of hydrogen-bond donors (Lipinski definition) is 2. The number of nitrogens with two attached hydrogens (primary N) is 1. The van der Waals surface area contributed by atoms with E-state index in [0.29, 0.717) is 11.5 Å². The van der Waals surface area contributed by atoms with Crippen molar-refractivity contribution in [1.29, 1.82) is 0 Å². The fourth-order valence-corrected chi connectivity index (χ4v) is 1.26. The van der Waals surface area contributed by atoms with Gasteiger partial charge in [0.15, 0.2) is 5.82 Å². The first-order valence-electron chi connectivity index (χ1n) is 5.19. The number of carbonyl (C=O) groups excluding carboxylic acids is 1. The van der Waals surface area contributed by atoms with Crippen LogP contribution in [0.25, 0.3) is 5.82 Å². The third-order valence-corrected chi connectivity index (χ3v) is 2.17. The second-order valence-corrected chi connectivity index (χ2v) is 3.63. The summed E-state index contributed by atoms with van der Waals surface area (Å²) in [7, 11) is 0. The molecule has 0 bridgehead atoms. The molecule has 3 N–H and O–H groups in total. The highest BCUT2D eigenvalue weighted by Crippen LogP contribution is 2.08. The molecular formula is C11H13N5O. The normalized spacial score (nSPS) is 12.1. The lowest BCUT2D eigenvalue weighted by Crippen LogP contribution is -2.32. The topological polar surface area (TPSA) is 85.8 Å². The van der Waals surface area contributed by atoms with Crippen LogP contribution in [-0.2, 0) is 4.79 Å². The zero-order valence-electron chi connectivity index (χ0n) is 9.37. The van der Waals surface area contributed by atoms with Gasteiger partial charge in [-0.3, -0.25) is 4.79 Å². The maximum atomic E-state index is 11.3. The van der Waals surface area contributed by atoms with Gasteiger partial charge in [-0.15, -0.1) is 0 Å². The molecule has 0 aliphatic heterocycles. The summed E-state index contributed by atoms with van der Waals surface area (Å²) in [6, 6.07) is 4.79. The molecule has 0 saturated carbocycles. The van der Waals surface area contributed by atoms with E-state index in [4.69, 9.17) is 5.73 Å². The van der Waals surface area contributed by atoms with Crippen molar-refractivity contribution in [3.63, 3.8) is 0 Å². The Morgan fingerprint density at radius 1 is 1.53 bits per heavy atom. The largest absolute Gasteiger partial charge is 0.323 e. The van der Waals surface area contributed by atoms with E-state index in [9.17, 15) is 4.79 Å². The van der Waals surface area contributed by atoms with Gasteiger partial charge in [0, 0.05) is 12.4 Å². The van der Waals surface area contributed by atoms with Gasteiger partial charge in [-0.25, -0.2) is 9.67 Å². The van der Waals surface area contributed by atoms with Crippen molar-refractivity contribution in [3.05, 3.63) is 36.8 Å². The van der Waals surface area contributed by atoms with Gasteiger partial charge in [-0.05, 0) is 25.1 Å². The quantitative estimate of drug-likeness (QED) is 0.807. The van der Waals surface area contributed by atoms with E-state index in [0.717, 1.165) is 0 Å². The van der Waals surface area contributed by atoms with Crippen LogP contribution in [0.4, 0.5) is 5.69 Å². The predicted octanol–water partition coefficient (Wildman–Crippen LogP) is 0.553. The van der Waals surface area contributed by atoms with Gasteiger partial charge in [-0.2, -0.15) is 5.10 Å². The lowest BCUT2D eigenvalue weighted by molar-refractivity contribution is -0.117. The number of anilines is 1. The summed E-state index contributed by atoms with van der Waals surface area (Å²) in [4.78, 5) is 15.5. The van der Waals surface area contributed by atoms with Crippen LogP contribution in [-0.4, -0.2) is 26.7 Å². The number of nitrogens with one attached hydrogen (secondary N) is 1. The minimum absolute atomic E-state index is 0.237. The lowest BCUT2D eigenvalue weighted by Gasteiger charge is -2.07. The first-order valence-corrected chi connectivity index (χ1v) is 5.19. The third kappa shape index (κ3) is 2.67. The summed E-state index contributed by atoms with van der Waals surface area (Å²) < 4.78 is 1.64. The molecule has 2 rings (SSSR count). The fraction of sp³-hybridized carbons (Fsp3) is 0.182. The standard InChI is InChI=1S/C11H13N5O/c1-8(12)11(17)15-9-3-4-10(13-7-9)16-6-2-5-14-16/h2-8H,12H2,1H3,(H,15,17)/t8-/m1/s1. The van der Waals surface area contributed by atoms with Crippen LogP contribution in [0, 0.1) is 0 Å². The zero-order chi connectivity index (χ0) is 12.3. The summed E-state index contributed by atoms with van der Waals surface area (Å²) >= 11 is 0. The summed E-state index contributed by atoms with van der Waals surface area (Å²) in [5, 5.41) is 6.71. The molecule has 88 valence electrons. The Labute approximate surface area is 98.5 Å². The van der Waals surface area contributed by atoms with Crippen molar-refractivity contribution in [2.75, 3.05) is 5.32 Å². The number of carbonyl (C=O) groups is 1. The molecule has 0 fully saturated rings. The molecular weight excluding hydrogens is 218 g/mol. The van der Waals surface area contributed by atoms with Gasteiger partial charge in [0.1, 0.15) is 0 Å². The number of nitrogens with zero attached hydrogens (tertiary/aromatic N) is 3. The van der Waals surface area contributed by atoms with Crippen molar-refractivity contribution < 1.29 is 4.79 Å². The Balaban J connectivity index is 2.11. The van der Waals surface area contributed by atoms with Crippen LogP contribution in [0.1, 0.15) is 6.92 Å². The Kier molecular flexibility index (Phi) is 3.15. The van der Waals surface area contributed by atoms with E-state index in [1.165, 1.54) is 0 Å². The molecule has 0 saturated heterocycles. The van der Waals surface area contributed by atoms with Crippen LogP contribution in [0.5, 0.6) is 0 Å². The highest BCUT2D eigenvalue weighted by molar-refractivity contribution is 5.94. The van der Waals surface area contributed by atoms with Gasteiger partial charge in [-0.1, -0.05) is 0 Å². The van der Waals surface area contributed by atoms with Gasteiger partial charge in [0.05, 0.1) is 17.9 Å². The summed E-state index contributed by atoms with van der Waals surface area (Å²) in [6.07, 6.45) is 5.04. The molecule has 17 heavy (non-hydrogen) atoms. The van der Waals surface area contributed by atoms with E-state index in [1.54, 1.807) is 42.3 Å². The van der Waals surface area contributed by atoms with Crippen LogP contribution in [0.3, 0.4) is 0 Å². The minimum Gasteiger partial charge on any atom is -0.323 e. The van der Waals surface area contributed by atoms with E-state index in [2.05, 4.69) is 15.4 Å². The molecule has 1 amide bonds. The SMILES string of the molecule is C[C@@H](N)C(=O)Nc1ccc(-n2cccn2)nc1. The Hall–Kier alpha value is -2.21. The number of amides is 1. The molecule has 2 aromatic rings. The van der Waals surface area contributed by atoms with Crippen molar-refractivity contribution in [1.82, 2.24) is 14.8 Å². The molecule has 0 radical (unpaired) electrons. The monoisotopic (exact) mass is 231 g/mol. The number of pyridine rings is 1. The number of rotatable bonds is 3. The van der Waals surface area contributed by atoms with Crippen molar-refractivity contribution in [3.8, 4) is 5.82 Å². The summed E-state index contributed by atoms with van der Waals surface area (Å²) in [5.41, 5.74) is 6.06. The maximum Gasteiger partial charge on any atom is 0.241 e. The second-order valence-electron chi connectivity index (χ2n) is 3.63. The van der Waals surface area contributed by atoms with Crippen LogP contribution >= 0.6 is 0 Å². The Bertz CT molecular complexity index is 489. The molecule has 2 aromatic heterocycles. The smallest absolute Gasteiger partial charge is 0.241 e. The van der Waals surface area contributed by atoms with E-state index >= 15 is 0 Å². The molecule has 0 aromatic carbocycles. The molecule has 2 heterocycles. The van der Waals surface area contributed by atoms with E-state index in [-0.39, 0.29) is 5.91 Å². The molecule has 0 aliphatic carbocycles. The summed E-state index contributed by atoms with van der Waals surface area (Å²) in [5.74, 6) is 0.451. The molecule has 6 heteroatoms. The van der Waals surface area contributed by atoms with Gasteiger partial charge >= 0.3 is 0 Å². The first-order chi connectivity index (χ1) is 8.16. The molecule has 6 nitrogen and oxygen atoms in total. The van der Waals surface area contributed by atoms with Crippen LogP contribution in [0.2, 0.25) is 0 Å². The Morgan fingerprint density at radius 3 is 2.88 bits per heavy atom. The average Bonchev–Trinajstić information content (AvgIpc) is 2.83. The fourth-order valence-electron chi connectivity index (χ4n) is 1.26. The highest BCUT2D eigenvalue weighted by atomic mass is 16.2. The van der Waals surface area contributed by atoms with Crippen molar-refractivity contribution >= 4 is 11.6 Å². The van der Waals surface area contributed by atoms with Crippen LogP contribution < -0.4 is 11.1 Å². The molecule has 0 spiro atoms. The highest BCUT2D eigenvalue weighted by Gasteiger charge is 2.07. The molecule has 0 aliphatic rings. The van der Waals surface area contributed by atoms with E-state index in [1.807, 2.05) is 6.07 Å². The van der Waals surface area contributed by atoms with Crippen molar-refractivity contribution in [2.24, 2.45) is 5.73 Å². The number of hydrogen-bond acceptors (Lipinski definition) is 4.